The summed E-state index contributed by atoms with van der Waals surface area (Å²) >= 11 is 3.40. The molecule has 1 aromatic carbocycles. The zero-order valence-electron chi connectivity index (χ0n) is 12.6. The van der Waals surface area contributed by atoms with Crippen molar-refractivity contribution in [1.29, 1.82) is 0 Å². The molecule has 1 atom stereocenters. The van der Waals surface area contributed by atoms with E-state index in [4.69, 9.17) is 4.74 Å². The molecule has 0 N–H and O–H groups in total. The van der Waals surface area contributed by atoms with Crippen LogP contribution >= 0.6 is 15.9 Å². The molecule has 3 saturated heterocycles. The molecule has 1 saturated carbocycles. The maximum Gasteiger partial charge on any atom is 0.415 e. The minimum Gasteiger partial charge on any atom is -0.410 e. The molecule has 3 heterocycles. The van der Waals surface area contributed by atoms with Gasteiger partial charge in [0.15, 0.2) is 0 Å². The Morgan fingerprint density at radius 3 is 2.36 bits per heavy atom. The van der Waals surface area contributed by atoms with Crippen LogP contribution in [-0.4, -0.2) is 47.6 Å². The van der Waals surface area contributed by atoms with Gasteiger partial charge in [-0.1, -0.05) is 15.9 Å². The van der Waals surface area contributed by atoms with Crippen molar-refractivity contribution >= 4 is 22.0 Å². The number of nitrogens with zero attached hydrogens (tertiary/aromatic N) is 2. The Balaban J connectivity index is 1.49. The summed E-state index contributed by atoms with van der Waals surface area (Å²) in [5.41, 5.74) is 0. The molecule has 22 heavy (non-hydrogen) atoms. The molecule has 1 amide bonds. The number of carbonyl (C=O) groups excluding carboxylic acids is 1. The lowest BCUT2D eigenvalue weighted by atomic mass is 9.83. The van der Waals surface area contributed by atoms with Gasteiger partial charge in [0.2, 0.25) is 0 Å². The Bertz CT molecular complexity index is 550. The van der Waals surface area contributed by atoms with Gasteiger partial charge in [0.25, 0.3) is 0 Å². The van der Waals surface area contributed by atoms with Crippen molar-refractivity contribution in [3.05, 3.63) is 28.7 Å². The summed E-state index contributed by atoms with van der Waals surface area (Å²) in [7, 11) is 0. The van der Waals surface area contributed by atoms with Gasteiger partial charge >= 0.3 is 6.09 Å². The quantitative estimate of drug-likeness (QED) is 0.822. The fourth-order valence-corrected chi connectivity index (χ4v) is 4.08. The molecular weight excluding hydrogens is 344 g/mol. The molecule has 0 radical (unpaired) electrons. The van der Waals surface area contributed by atoms with Crippen LogP contribution in [-0.2, 0) is 0 Å². The molecule has 1 aromatic rings. The normalized spacial score (nSPS) is 30.1. The molecule has 118 valence electrons. The summed E-state index contributed by atoms with van der Waals surface area (Å²) in [6.07, 6.45) is 4.53. The van der Waals surface area contributed by atoms with Gasteiger partial charge in [-0.3, -0.25) is 0 Å². The first-order chi connectivity index (χ1) is 10.7. The van der Waals surface area contributed by atoms with Gasteiger partial charge in [-0.15, -0.1) is 0 Å². The van der Waals surface area contributed by atoms with E-state index in [0.717, 1.165) is 23.9 Å². The highest BCUT2D eigenvalue weighted by Crippen LogP contribution is 2.37. The van der Waals surface area contributed by atoms with E-state index in [-0.39, 0.29) is 6.09 Å². The molecule has 0 spiro atoms. The Labute approximate surface area is 139 Å². The highest BCUT2D eigenvalue weighted by atomic mass is 79.9. The number of fused-ring (bicyclic) bond motifs is 3. The van der Waals surface area contributed by atoms with Gasteiger partial charge < -0.3 is 14.5 Å². The summed E-state index contributed by atoms with van der Waals surface area (Å²) in [5, 5.41) is 0. The largest absolute Gasteiger partial charge is 0.415 e. The zero-order valence-corrected chi connectivity index (χ0v) is 14.2. The highest BCUT2D eigenvalue weighted by Gasteiger charge is 2.45. The van der Waals surface area contributed by atoms with Gasteiger partial charge in [-0.25, -0.2) is 4.79 Å². The van der Waals surface area contributed by atoms with E-state index >= 15 is 0 Å². The lowest BCUT2D eigenvalue weighted by Gasteiger charge is -2.48. The van der Waals surface area contributed by atoms with Crippen molar-refractivity contribution in [3.63, 3.8) is 0 Å². The summed E-state index contributed by atoms with van der Waals surface area (Å²) < 4.78 is 6.63. The SMILES string of the molecule is O=C(Oc1ccc(Br)cc1)N(C1CC1)C1CN2CCC1CC2. The average Bonchev–Trinajstić information content (AvgIpc) is 3.36. The van der Waals surface area contributed by atoms with Crippen molar-refractivity contribution in [3.8, 4) is 5.75 Å². The lowest BCUT2D eigenvalue weighted by Crippen LogP contribution is -2.59. The first kappa shape index (κ1) is 14.5. The second-order valence-electron chi connectivity index (χ2n) is 6.67. The van der Waals surface area contributed by atoms with E-state index in [1.54, 1.807) is 0 Å². The number of piperidine rings is 3. The van der Waals surface area contributed by atoms with Crippen LogP contribution in [0.2, 0.25) is 0 Å². The third-order valence-electron chi connectivity index (χ3n) is 5.15. The van der Waals surface area contributed by atoms with E-state index in [1.807, 2.05) is 24.3 Å². The molecule has 5 rings (SSSR count). The predicted molar refractivity (Wildman–Crippen MR) is 88.0 cm³/mol. The van der Waals surface area contributed by atoms with Crippen molar-refractivity contribution in [2.45, 2.75) is 37.8 Å². The number of hydrogen-bond donors (Lipinski definition) is 0. The highest BCUT2D eigenvalue weighted by molar-refractivity contribution is 9.10. The minimum absolute atomic E-state index is 0.163. The number of hydrogen-bond acceptors (Lipinski definition) is 3. The maximum atomic E-state index is 12.7. The van der Waals surface area contributed by atoms with Crippen LogP contribution in [0.1, 0.15) is 25.7 Å². The Morgan fingerprint density at radius 2 is 1.82 bits per heavy atom. The minimum atomic E-state index is -0.163. The first-order valence-corrected chi connectivity index (χ1v) is 8.98. The standard InChI is InChI=1S/C17H21BrN2O2/c18-13-1-5-15(6-2-13)22-17(21)20(14-3-4-14)16-11-19-9-7-12(16)8-10-19/h1-2,5-6,12,14,16H,3-4,7-11H2. The molecule has 5 heteroatoms. The lowest BCUT2D eigenvalue weighted by molar-refractivity contribution is 0.00929. The van der Waals surface area contributed by atoms with E-state index in [2.05, 4.69) is 25.7 Å². The van der Waals surface area contributed by atoms with E-state index in [9.17, 15) is 4.79 Å². The Morgan fingerprint density at radius 1 is 1.14 bits per heavy atom. The van der Waals surface area contributed by atoms with Crippen LogP contribution in [0.4, 0.5) is 4.79 Å². The fraction of sp³-hybridized carbons (Fsp3) is 0.588. The van der Waals surface area contributed by atoms with Crippen LogP contribution in [0.15, 0.2) is 28.7 Å². The molecule has 0 aromatic heterocycles. The second kappa shape index (κ2) is 5.85. The Kier molecular flexibility index (Phi) is 3.86. The molecule has 4 fully saturated rings. The van der Waals surface area contributed by atoms with Crippen LogP contribution < -0.4 is 4.74 Å². The molecule has 3 aliphatic heterocycles. The number of halogens is 1. The monoisotopic (exact) mass is 364 g/mol. The molecule has 4 nitrogen and oxygen atoms in total. The number of rotatable bonds is 3. The number of ether oxygens (including phenoxy) is 1. The van der Waals surface area contributed by atoms with Crippen LogP contribution in [0.3, 0.4) is 0 Å². The summed E-state index contributed by atoms with van der Waals surface area (Å²) in [6.45, 7) is 3.42. The van der Waals surface area contributed by atoms with Gasteiger partial charge in [0, 0.05) is 17.1 Å². The molecule has 2 bridgehead atoms. The maximum absolute atomic E-state index is 12.7. The Hall–Kier alpha value is -1.07. The van der Waals surface area contributed by atoms with Gasteiger partial charge in [0.1, 0.15) is 5.75 Å². The summed E-state index contributed by atoms with van der Waals surface area (Å²) in [5.74, 6) is 1.28. The molecule has 1 aliphatic carbocycles. The van der Waals surface area contributed by atoms with Gasteiger partial charge in [-0.2, -0.15) is 0 Å². The molecule has 1 unspecified atom stereocenters. The first-order valence-electron chi connectivity index (χ1n) is 8.19. The second-order valence-corrected chi connectivity index (χ2v) is 7.58. The third kappa shape index (κ3) is 2.88. The van der Waals surface area contributed by atoms with Crippen molar-refractivity contribution in [2.75, 3.05) is 19.6 Å². The van der Waals surface area contributed by atoms with Crippen LogP contribution in [0, 0.1) is 5.92 Å². The topological polar surface area (TPSA) is 32.8 Å². The molecular formula is C17H21BrN2O2. The number of carbonyl (C=O) groups is 1. The van der Waals surface area contributed by atoms with Crippen LogP contribution in [0.5, 0.6) is 5.75 Å². The van der Waals surface area contributed by atoms with Crippen molar-refractivity contribution in [1.82, 2.24) is 9.80 Å². The fourth-order valence-electron chi connectivity index (χ4n) is 3.81. The van der Waals surface area contributed by atoms with Crippen molar-refractivity contribution in [2.24, 2.45) is 5.92 Å². The smallest absolute Gasteiger partial charge is 0.410 e. The van der Waals surface area contributed by atoms with Crippen molar-refractivity contribution < 1.29 is 9.53 Å². The number of amides is 1. The molecule has 4 aliphatic rings. The zero-order chi connectivity index (χ0) is 15.1. The predicted octanol–water partition coefficient (Wildman–Crippen LogP) is 3.51. The summed E-state index contributed by atoms with van der Waals surface area (Å²) in [6, 6.07) is 8.22. The summed E-state index contributed by atoms with van der Waals surface area (Å²) in [4.78, 5) is 17.3. The van der Waals surface area contributed by atoms with Gasteiger partial charge in [-0.05, 0) is 69.0 Å². The van der Waals surface area contributed by atoms with Gasteiger partial charge in [0.05, 0.1) is 6.04 Å². The number of benzene rings is 1. The van der Waals surface area contributed by atoms with E-state index < -0.39 is 0 Å². The van der Waals surface area contributed by atoms with E-state index in [0.29, 0.717) is 23.8 Å². The third-order valence-corrected chi connectivity index (χ3v) is 5.68. The average molecular weight is 365 g/mol. The van der Waals surface area contributed by atoms with E-state index in [1.165, 1.54) is 25.9 Å². The van der Waals surface area contributed by atoms with Crippen LogP contribution in [0.25, 0.3) is 0 Å².